The molecule has 0 bridgehead atoms. The molecule has 0 atom stereocenters. The van der Waals surface area contributed by atoms with Crippen LogP contribution in [0.25, 0.3) is 11.4 Å². The summed E-state index contributed by atoms with van der Waals surface area (Å²) in [5.74, 6) is 1.72. The van der Waals surface area contributed by atoms with Crippen LogP contribution in [0.4, 0.5) is 5.82 Å². The maximum Gasteiger partial charge on any atom is 0.341 e. The van der Waals surface area contributed by atoms with Crippen molar-refractivity contribution in [1.82, 2.24) is 9.13 Å². The SMILES string of the molecule is CNc1cc(=O)n(-c2ccc(OC)cc2)c(=O)n1-c1ccc(OC)cc1. The lowest BCUT2D eigenvalue weighted by molar-refractivity contribution is 0.414. The van der Waals surface area contributed by atoms with E-state index in [9.17, 15) is 9.59 Å². The van der Waals surface area contributed by atoms with Gasteiger partial charge in [-0.15, -0.1) is 0 Å². The van der Waals surface area contributed by atoms with Crippen molar-refractivity contribution < 1.29 is 9.47 Å². The van der Waals surface area contributed by atoms with Crippen LogP contribution in [0.5, 0.6) is 11.5 Å². The van der Waals surface area contributed by atoms with Gasteiger partial charge in [-0.05, 0) is 48.5 Å². The first-order valence-corrected chi connectivity index (χ1v) is 7.94. The van der Waals surface area contributed by atoms with Gasteiger partial charge in [0, 0.05) is 13.1 Å². The Balaban J connectivity index is 2.23. The summed E-state index contributed by atoms with van der Waals surface area (Å²) in [5, 5.41) is 2.90. The Morgan fingerprint density at radius 3 is 1.65 bits per heavy atom. The molecular weight excluding hydrogens is 334 g/mol. The molecule has 1 N–H and O–H groups in total. The van der Waals surface area contributed by atoms with Gasteiger partial charge in [0.05, 0.1) is 25.6 Å². The van der Waals surface area contributed by atoms with Crippen molar-refractivity contribution in [1.29, 1.82) is 0 Å². The summed E-state index contributed by atoms with van der Waals surface area (Å²) < 4.78 is 12.8. The minimum atomic E-state index is -0.475. The molecule has 0 unspecified atom stereocenters. The summed E-state index contributed by atoms with van der Waals surface area (Å²) in [7, 11) is 4.79. The van der Waals surface area contributed by atoms with E-state index in [-0.39, 0.29) is 0 Å². The van der Waals surface area contributed by atoms with Gasteiger partial charge in [-0.25, -0.2) is 13.9 Å². The van der Waals surface area contributed by atoms with Gasteiger partial charge < -0.3 is 14.8 Å². The van der Waals surface area contributed by atoms with Crippen molar-refractivity contribution >= 4 is 5.82 Å². The molecule has 7 nitrogen and oxygen atoms in total. The maximum atomic E-state index is 13.1. The average Bonchev–Trinajstić information content (AvgIpc) is 2.68. The zero-order valence-corrected chi connectivity index (χ0v) is 14.7. The molecular formula is C19H19N3O4. The molecule has 1 heterocycles. The fourth-order valence-corrected chi connectivity index (χ4v) is 2.68. The Labute approximate surface area is 150 Å². The summed E-state index contributed by atoms with van der Waals surface area (Å²) in [6.07, 6.45) is 0. The molecule has 0 amide bonds. The fourth-order valence-electron chi connectivity index (χ4n) is 2.68. The first kappa shape index (κ1) is 17.3. The van der Waals surface area contributed by atoms with Crippen molar-refractivity contribution in [3.05, 3.63) is 75.4 Å². The third-order valence-electron chi connectivity index (χ3n) is 4.02. The van der Waals surface area contributed by atoms with Crippen LogP contribution in [0.2, 0.25) is 0 Å². The minimum Gasteiger partial charge on any atom is -0.497 e. The number of hydrogen-bond acceptors (Lipinski definition) is 5. The number of ether oxygens (including phenoxy) is 2. The van der Waals surface area contributed by atoms with Crippen LogP contribution in [-0.4, -0.2) is 30.4 Å². The third kappa shape index (κ3) is 3.06. The van der Waals surface area contributed by atoms with Crippen molar-refractivity contribution in [3.63, 3.8) is 0 Å². The predicted octanol–water partition coefficient (Wildman–Crippen LogP) is 2.05. The maximum absolute atomic E-state index is 13.1. The lowest BCUT2D eigenvalue weighted by atomic mass is 10.2. The molecule has 26 heavy (non-hydrogen) atoms. The Morgan fingerprint density at radius 2 is 1.23 bits per heavy atom. The molecule has 3 rings (SSSR count). The number of aromatic nitrogens is 2. The highest BCUT2D eigenvalue weighted by Gasteiger charge is 2.14. The van der Waals surface area contributed by atoms with E-state index in [1.807, 2.05) is 0 Å². The lowest BCUT2D eigenvalue weighted by Gasteiger charge is -2.15. The largest absolute Gasteiger partial charge is 0.497 e. The van der Waals surface area contributed by atoms with E-state index in [1.165, 1.54) is 10.6 Å². The molecule has 0 aliphatic rings. The van der Waals surface area contributed by atoms with Gasteiger partial charge in [0.2, 0.25) is 0 Å². The molecule has 0 fully saturated rings. The van der Waals surface area contributed by atoms with Gasteiger partial charge in [0.1, 0.15) is 17.3 Å². The van der Waals surface area contributed by atoms with Crippen LogP contribution in [0.3, 0.4) is 0 Å². The molecule has 0 radical (unpaired) electrons. The summed E-state index contributed by atoms with van der Waals surface area (Å²) in [4.78, 5) is 25.6. The van der Waals surface area contributed by atoms with E-state index in [0.717, 1.165) is 4.57 Å². The second-order valence-electron chi connectivity index (χ2n) is 5.47. The van der Waals surface area contributed by atoms with Gasteiger partial charge >= 0.3 is 5.69 Å². The number of anilines is 1. The van der Waals surface area contributed by atoms with E-state index in [4.69, 9.17) is 9.47 Å². The van der Waals surface area contributed by atoms with Gasteiger partial charge in [-0.3, -0.25) is 4.79 Å². The number of benzene rings is 2. The van der Waals surface area contributed by atoms with Crippen LogP contribution >= 0.6 is 0 Å². The van der Waals surface area contributed by atoms with Crippen LogP contribution in [-0.2, 0) is 0 Å². The number of hydrogen-bond donors (Lipinski definition) is 1. The highest BCUT2D eigenvalue weighted by atomic mass is 16.5. The predicted molar refractivity (Wildman–Crippen MR) is 100 cm³/mol. The average molecular weight is 353 g/mol. The zero-order chi connectivity index (χ0) is 18.7. The van der Waals surface area contributed by atoms with Gasteiger partial charge in [0.15, 0.2) is 0 Å². The van der Waals surface area contributed by atoms with Gasteiger partial charge in [-0.1, -0.05) is 0 Å². The van der Waals surface area contributed by atoms with Crippen LogP contribution < -0.4 is 26.0 Å². The fraction of sp³-hybridized carbons (Fsp3) is 0.158. The monoisotopic (exact) mass is 353 g/mol. The van der Waals surface area contributed by atoms with E-state index < -0.39 is 11.2 Å². The molecule has 0 aliphatic heterocycles. The molecule has 0 saturated carbocycles. The third-order valence-corrected chi connectivity index (χ3v) is 4.02. The summed E-state index contributed by atoms with van der Waals surface area (Å²) in [6, 6.07) is 15.1. The van der Waals surface area contributed by atoms with E-state index >= 15 is 0 Å². The Hall–Kier alpha value is -3.48. The Kier molecular flexibility index (Phi) is 4.79. The zero-order valence-electron chi connectivity index (χ0n) is 14.7. The summed E-state index contributed by atoms with van der Waals surface area (Å²) in [5.41, 5.74) is 0.180. The lowest BCUT2D eigenvalue weighted by Crippen LogP contribution is -2.38. The van der Waals surface area contributed by atoms with Gasteiger partial charge in [0.25, 0.3) is 5.56 Å². The van der Waals surface area contributed by atoms with Crippen molar-refractivity contribution in [2.75, 3.05) is 26.6 Å². The molecule has 7 heteroatoms. The molecule has 2 aromatic carbocycles. The van der Waals surface area contributed by atoms with Crippen LogP contribution in [0, 0.1) is 0 Å². The second kappa shape index (κ2) is 7.18. The van der Waals surface area contributed by atoms with E-state index in [2.05, 4.69) is 5.32 Å². The Morgan fingerprint density at radius 1 is 0.769 bits per heavy atom. The topological polar surface area (TPSA) is 74.5 Å². The van der Waals surface area contributed by atoms with Crippen molar-refractivity contribution in [2.24, 2.45) is 0 Å². The van der Waals surface area contributed by atoms with E-state index in [0.29, 0.717) is 28.7 Å². The molecule has 0 spiro atoms. The van der Waals surface area contributed by atoms with Gasteiger partial charge in [-0.2, -0.15) is 0 Å². The summed E-state index contributed by atoms with van der Waals surface area (Å²) >= 11 is 0. The van der Waals surface area contributed by atoms with Crippen molar-refractivity contribution in [2.45, 2.75) is 0 Å². The molecule has 1 aromatic heterocycles. The van der Waals surface area contributed by atoms with Crippen LogP contribution in [0.15, 0.2) is 64.2 Å². The molecule has 0 aliphatic carbocycles. The first-order valence-electron chi connectivity index (χ1n) is 7.94. The smallest absolute Gasteiger partial charge is 0.341 e. The number of rotatable bonds is 5. The Bertz CT molecular complexity index is 1020. The van der Waals surface area contributed by atoms with E-state index in [1.54, 1.807) is 69.8 Å². The minimum absolute atomic E-state index is 0.398. The highest BCUT2D eigenvalue weighted by Crippen LogP contribution is 2.17. The highest BCUT2D eigenvalue weighted by molar-refractivity contribution is 5.48. The van der Waals surface area contributed by atoms with Crippen molar-refractivity contribution in [3.8, 4) is 22.9 Å². The second-order valence-corrected chi connectivity index (χ2v) is 5.47. The normalized spacial score (nSPS) is 10.4. The molecule has 134 valence electrons. The summed E-state index contributed by atoms with van der Waals surface area (Å²) in [6.45, 7) is 0. The quantitative estimate of drug-likeness (QED) is 0.760. The number of nitrogens with one attached hydrogen (secondary N) is 1. The van der Waals surface area contributed by atoms with Crippen LogP contribution in [0.1, 0.15) is 0 Å². The first-order chi connectivity index (χ1) is 12.6. The standard InChI is InChI=1S/C19H19N3O4/c1-20-17-12-18(23)22(14-6-10-16(26-3)11-7-14)19(24)21(17)13-4-8-15(25-2)9-5-13/h4-12,20H,1-3H3. The number of methoxy groups -OCH3 is 2. The molecule has 3 aromatic rings. The number of nitrogens with zero attached hydrogens (tertiary/aromatic N) is 2. The molecule has 0 saturated heterocycles.